The Morgan fingerprint density at radius 1 is 1.23 bits per heavy atom. The van der Waals surface area contributed by atoms with Crippen molar-refractivity contribution in [2.45, 2.75) is 43.2 Å². The minimum atomic E-state index is 0.532. The van der Waals surface area contributed by atoms with Crippen molar-refractivity contribution in [1.29, 1.82) is 0 Å². The lowest BCUT2D eigenvalue weighted by molar-refractivity contribution is 0.136. The standard InChI is InChI=1S/C17H24N4S/c1-15(9-12-22-17-5-3-2-4-6-17)20-10-7-16(8-11-20)21-14-18-13-19-21/h2-6,13-16H,7-12H2,1H3. The third kappa shape index (κ3) is 4.11. The summed E-state index contributed by atoms with van der Waals surface area (Å²) in [5.41, 5.74) is 0. The van der Waals surface area contributed by atoms with Gasteiger partial charge in [-0.15, -0.1) is 11.8 Å². The van der Waals surface area contributed by atoms with Gasteiger partial charge in [-0.25, -0.2) is 9.67 Å². The van der Waals surface area contributed by atoms with Crippen LogP contribution in [0.1, 0.15) is 32.2 Å². The maximum Gasteiger partial charge on any atom is 0.137 e. The first-order valence-corrected chi connectivity index (χ1v) is 9.07. The van der Waals surface area contributed by atoms with Gasteiger partial charge in [-0.2, -0.15) is 5.10 Å². The van der Waals surface area contributed by atoms with Gasteiger partial charge in [0.25, 0.3) is 0 Å². The van der Waals surface area contributed by atoms with Crippen molar-refractivity contribution in [2.75, 3.05) is 18.8 Å². The van der Waals surface area contributed by atoms with Crippen LogP contribution in [0, 0.1) is 0 Å². The summed E-state index contributed by atoms with van der Waals surface area (Å²) in [6, 6.07) is 11.9. The Morgan fingerprint density at radius 2 is 2.00 bits per heavy atom. The summed E-state index contributed by atoms with van der Waals surface area (Å²) in [6.45, 7) is 4.70. The van der Waals surface area contributed by atoms with Crippen molar-refractivity contribution in [3.63, 3.8) is 0 Å². The molecule has 4 nitrogen and oxygen atoms in total. The fraction of sp³-hybridized carbons (Fsp3) is 0.529. The molecule has 0 saturated carbocycles. The van der Waals surface area contributed by atoms with Crippen LogP contribution in [0.3, 0.4) is 0 Å². The van der Waals surface area contributed by atoms with Crippen LogP contribution in [-0.2, 0) is 0 Å². The van der Waals surface area contributed by atoms with E-state index in [0.29, 0.717) is 12.1 Å². The molecule has 1 atom stereocenters. The summed E-state index contributed by atoms with van der Waals surface area (Å²) in [4.78, 5) is 8.05. The number of rotatable bonds is 6. The highest BCUT2D eigenvalue weighted by Gasteiger charge is 2.23. The van der Waals surface area contributed by atoms with Crippen molar-refractivity contribution >= 4 is 11.8 Å². The highest BCUT2D eigenvalue weighted by molar-refractivity contribution is 7.99. The summed E-state index contributed by atoms with van der Waals surface area (Å²) < 4.78 is 2.02. The summed E-state index contributed by atoms with van der Waals surface area (Å²) in [5, 5.41) is 4.28. The molecule has 3 rings (SSSR count). The topological polar surface area (TPSA) is 34.0 Å². The van der Waals surface area contributed by atoms with E-state index in [1.807, 2.05) is 22.8 Å². The van der Waals surface area contributed by atoms with E-state index < -0.39 is 0 Å². The van der Waals surface area contributed by atoms with Crippen LogP contribution in [0.5, 0.6) is 0 Å². The third-order valence-electron chi connectivity index (χ3n) is 4.48. The smallest absolute Gasteiger partial charge is 0.137 e. The Morgan fingerprint density at radius 3 is 2.68 bits per heavy atom. The molecule has 118 valence electrons. The zero-order valence-corrected chi connectivity index (χ0v) is 14.0. The maximum atomic E-state index is 4.28. The molecule has 1 saturated heterocycles. The minimum absolute atomic E-state index is 0.532. The molecule has 1 fully saturated rings. The zero-order chi connectivity index (χ0) is 15.2. The minimum Gasteiger partial charge on any atom is -0.300 e. The fourth-order valence-electron chi connectivity index (χ4n) is 3.04. The van der Waals surface area contributed by atoms with Crippen molar-refractivity contribution < 1.29 is 0 Å². The average molecular weight is 316 g/mol. The molecule has 2 aromatic rings. The Balaban J connectivity index is 1.39. The molecule has 0 radical (unpaired) electrons. The summed E-state index contributed by atoms with van der Waals surface area (Å²) >= 11 is 1.96. The van der Waals surface area contributed by atoms with E-state index >= 15 is 0 Å². The molecule has 0 aliphatic carbocycles. The monoisotopic (exact) mass is 316 g/mol. The molecule has 22 heavy (non-hydrogen) atoms. The van der Waals surface area contributed by atoms with E-state index in [0.717, 1.165) is 0 Å². The van der Waals surface area contributed by atoms with Crippen molar-refractivity contribution in [3.8, 4) is 0 Å². The number of hydrogen-bond acceptors (Lipinski definition) is 4. The molecule has 5 heteroatoms. The molecule has 1 aromatic carbocycles. The van der Waals surface area contributed by atoms with E-state index in [1.165, 1.54) is 43.0 Å². The Labute approximate surface area is 136 Å². The number of aromatic nitrogens is 3. The van der Waals surface area contributed by atoms with Crippen LogP contribution in [0.25, 0.3) is 0 Å². The van der Waals surface area contributed by atoms with Crippen LogP contribution in [0.4, 0.5) is 0 Å². The van der Waals surface area contributed by atoms with Gasteiger partial charge < -0.3 is 4.90 Å². The lowest BCUT2D eigenvalue weighted by Crippen LogP contribution is -2.40. The van der Waals surface area contributed by atoms with Crippen LogP contribution < -0.4 is 0 Å². The highest BCUT2D eigenvalue weighted by atomic mass is 32.2. The van der Waals surface area contributed by atoms with Gasteiger partial charge in [-0.05, 0) is 44.1 Å². The normalized spacial score (nSPS) is 18.4. The molecule has 1 aliphatic heterocycles. The Bertz CT molecular complexity index is 535. The Kier molecular flexibility index (Phi) is 5.51. The molecular formula is C17H24N4S. The van der Waals surface area contributed by atoms with Crippen LogP contribution in [-0.4, -0.2) is 44.5 Å². The molecule has 0 bridgehead atoms. The van der Waals surface area contributed by atoms with Crippen molar-refractivity contribution in [1.82, 2.24) is 19.7 Å². The lowest BCUT2D eigenvalue weighted by Gasteiger charge is -2.36. The molecule has 0 spiro atoms. The molecule has 1 aliphatic rings. The number of benzene rings is 1. The first kappa shape index (κ1) is 15.6. The van der Waals surface area contributed by atoms with E-state index in [1.54, 1.807) is 6.33 Å². The highest BCUT2D eigenvalue weighted by Crippen LogP contribution is 2.25. The Hall–Kier alpha value is -1.33. The summed E-state index contributed by atoms with van der Waals surface area (Å²) in [6.07, 6.45) is 7.09. The average Bonchev–Trinajstić information content (AvgIpc) is 3.10. The second-order valence-corrected chi connectivity index (χ2v) is 7.11. The zero-order valence-electron chi connectivity index (χ0n) is 13.1. The second kappa shape index (κ2) is 7.79. The molecule has 1 aromatic heterocycles. The maximum absolute atomic E-state index is 4.28. The van der Waals surface area contributed by atoms with Gasteiger partial charge in [-0.1, -0.05) is 18.2 Å². The number of likely N-dealkylation sites (tertiary alicyclic amines) is 1. The molecule has 0 amide bonds. The van der Waals surface area contributed by atoms with Crippen molar-refractivity contribution in [3.05, 3.63) is 43.0 Å². The first-order chi connectivity index (χ1) is 10.8. The second-order valence-electron chi connectivity index (χ2n) is 5.94. The third-order valence-corrected chi connectivity index (χ3v) is 5.53. The predicted octanol–water partition coefficient (Wildman–Crippen LogP) is 3.49. The lowest BCUT2D eigenvalue weighted by atomic mass is 10.0. The number of piperidine rings is 1. The predicted molar refractivity (Wildman–Crippen MR) is 91.1 cm³/mol. The quantitative estimate of drug-likeness (QED) is 0.764. The fourth-order valence-corrected chi connectivity index (χ4v) is 4.09. The number of hydrogen-bond donors (Lipinski definition) is 0. The van der Waals surface area contributed by atoms with Crippen LogP contribution in [0.2, 0.25) is 0 Å². The van der Waals surface area contributed by atoms with Gasteiger partial charge in [0.05, 0.1) is 6.04 Å². The van der Waals surface area contributed by atoms with E-state index in [4.69, 9.17) is 0 Å². The molecule has 2 heterocycles. The molecular weight excluding hydrogens is 292 g/mol. The molecule has 1 unspecified atom stereocenters. The van der Waals surface area contributed by atoms with E-state index in [9.17, 15) is 0 Å². The van der Waals surface area contributed by atoms with Gasteiger partial charge in [-0.3, -0.25) is 0 Å². The van der Waals surface area contributed by atoms with Crippen LogP contribution in [0.15, 0.2) is 47.9 Å². The van der Waals surface area contributed by atoms with Crippen molar-refractivity contribution in [2.24, 2.45) is 0 Å². The largest absolute Gasteiger partial charge is 0.300 e. The number of thioether (sulfide) groups is 1. The van der Waals surface area contributed by atoms with Gasteiger partial charge in [0.2, 0.25) is 0 Å². The number of nitrogens with zero attached hydrogens (tertiary/aromatic N) is 4. The summed E-state index contributed by atoms with van der Waals surface area (Å²) in [7, 11) is 0. The SMILES string of the molecule is CC(CCSc1ccccc1)N1CCC(n2cncn2)CC1. The summed E-state index contributed by atoms with van der Waals surface area (Å²) in [5.74, 6) is 1.19. The van der Waals surface area contributed by atoms with Gasteiger partial charge in [0, 0.05) is 24.0 Å². The first-order valence-electron chi connectivity index (χ1n) is 8.09. The van der Waals surface area contributed by atoms with Gasteiger partial charge >= 0.3 is 0 Å². The van der Waals surface area contributed by atoms with Crippen LogP contribution >= 0.6 is 11.8 Å². The van der Waals surface area contributed by atoms with E-state index in [-0.39, 0.29) is 0 Å². The van der Waals surface area contributed by atoms with E-state index in [2.05, 4.69) is 52.2 Å². The molecule has 0 N–H and O–H groups in total. The van der Waals surface area contributed by atoms with Gasteiger partial charge in [0.1, 0.15) is 12.7 Å². The van der Waals surface area contributed by atoms with Gasteiger partial charge in [0.15, 0.2) is 0 Å².